The fraction of sp³-hybridized carbons (Fsp3) is 0.292. The molecule has 3 rings (SSSR count). The highest BCUT2D eigenvalue weighted by Crippen LogP contribution is 2.29. The standard InChI is InChI=1S/C24H29N5O4/c1-3-4-15-29-22(25)21(23(31)27-24(29)32)28(2)16-14-20(30)26-18-12-8-9-13-19(18)33-17-10-6-5-7-11-17/h5-13H,3-4,14-16,25H2,1-2H3,(H,26,30)(H,27,31,32). The van der Waals surface area contributed by atoms with E-state index in [0.29, 0.717) is 23.7 Å². The van der Waals surface area contributed by atoms with Crippen molar-refractivity contribution in [3.05, 3.63) is 75.4 Å². The van der Waals surface area contributed by atoms with Crippen LogP contribution < -0.4 is 31.9 Å². The molecule has 33 heavy (non-hydrogen) atoms. The number of nitrogens with zero attached hydrogens (tertiary/aromatic N) is 2. The van der Waals surface area contributed by atoms with Crippen LogP contribution in [0.4, 0.5) is 17.2 Å². The monoisotopic (exact) mass is 451 g/mol. The van der Waals surface area contributed by atoms with Crippen LogP contribution in [0.25, 0.3) is 0 Å². The van der Waals surface area contributed by atoms with Crippen molar-refractivity contribution in [2.24, 2.45) is 0 Å². The van der Waals surface area contributed by atoms with Crippen molar-refractivity contribution in [1.29, 1.82) is 0 Å². The lowest BCUT2D eigenvalue weighted by Gasteiger charge is -2.21. The number of nitrogens with two attached hydrogens (primary N) is 1. The first kappa shape index (κ1) is 23.6. The van der Waals surface area contributed by atoms with Crippen LogP contribution in [0.2, 0.25) is 0 Å². The summed E-state index contributed by atoms with van der Waals surface area (Å²) < 4.78 is 7.23. The van der Waals surface area contributed by atoms with Crippen LogP contribution in [0.3, 0.4) is 0 Å². The van der Waals surface area contributed by atoms with Crippen LogP contribution in [0.5, 0.6) is 11.5 Å². The number of benzene rings is 2. The summed E-state index contributed by atoms with van der Waals surface area (Å²) in [6, 6.07) is 16.4. The topological polar surface area (TPSA) is 122 Å². The maximum absolute atomic E-state index is 12.6. The van der Waals surface area contributed by atoms with E-state index in [9.17, 15) is 14.4 Å². The molecule has 0 aliphatic heterocycles. The zero-order valence-electron chi connectivity index (χ0n) is 18.8. The number of anilines is 3. The fourth-order valence-corrected chi connectivity index (χ4v) is 3.35. The van der Waals surface area contributed by atoms with Gasteiger partial charge < -0.3 is 20.7 Å². The predicted molar refractivity (Wildman–Crippen MR) is 130 cm³/mol. The average Bonchev–Trinajstić information content (AvgIpc) is 2.79. The second kappa shape index (κ2) is 11.0. The van der Waals surface area contributed by atoms with Gasteiger partial charge in [-0.3, -0.25) is 19.1 Å². The van der Waals surface area contributed by atoms with Gasteiger partial charge in [-0.05, 0) is 30.7 Å². The molecular formula is C24H29N5O4. The van der Waals surface area contributed by atoms with E-state index < -0.39 is 11.2 Å². The Labute approximate surface area is 191 Å². The molecule has 0 unspecified atom stereocenters. The number of amides is 1. The van der Waals surface area contributed by atoms with E-state index in [1.807, 2.05) is 43.3 Å². The molecule has 1 aromatic heterocycles. The van der Waals surface area contributed by atoms with E-state index in [0.717, 1.165) is 12.8 Å². The third kappa shape index (κ3) is 6.03. The lowest BCUT2D eigenvalue weighted by atomic mass is 10.2. The Balaban J connectivity index is 1.68. The number of nitrogen functional groups attached to an aromatic ring is 1. The van der Waals surface area contributed by atoms with Crippen LogP contribution in [0, 0.1) is 0 Å². The lowest BCUT2D eigenvalue weighted by Crippen LogP contribution is -2.38. The molecule has 0 saturated heterocycles. The van der Waals surface area contributed by atoms with Gasteiger partial charge in [-0.2, -0.15) is 0 Å². The first-order valence-electron chi connectivity index (χ1n) is 10.9. The first-order valence-corrected chi connectivity index (χ1v) is 10.9. The minimum absolute atomic E-state index is 0.0988. The molecule has 0 aliphatic rings. The minimum Gasteiger partial charge on any atom is -0.455 e. The van der Waals surface area contributed by atoms with Gasteiger partial charge in [-0.15, -0.1) is 0 Å². The number of para-hydroxylation sites is 3. The van der Waals surface area contributed by atoms with Crippen molar-refractivity contribution < 1.29 is 9.53 Å². The number of hydrogen-bond donors (Lipinski definition) is 3. The molecule has 0 saturated carbocycles. The molecule has 0 spiro atoms. The Hall–Kier alpha value is -4.01. The second-order valence-electron chi connectivity index (χ2n) is 7.63. The normalized spacial score (nSPS) is 10.6. The Morgan fingerprint density at radius 1 is 1.12 bits per heavy atom. The SMILES string of the molecule is CCCCn1c(N)c(N(C)CCC(=O)Nc2ccccc2Oc2ccccc2)c(=O)[nH]c1=O. The van der Waals surface area contributed by atoms with Crippen molar-refractivity contribution in [3.63, 3.8) is 0 Å². The van der Waals surface area contributed by atoms with Crippen molar-refractivity contribution in [3.8, 4) is 11.5 Å². The molecule has 0 fully saturated rings. The van der Waals surface area contributed by atoms with Gasteiger partial charge in [0.25, 0.3) is 5.56 Å². The Morgan fingerprint density at radius 2 is 1.82 bits per heavy atom. The fourth-order valence-electron chi connectivity index (χ4n) is 3.35. The molecule has 2 aromatic carbocycles. The van der Waals surface area contributed by atoms with Gasteiger partial charge in [0, 0.05) is 26.6 Å². The largest absolute Gasteiger partial charge is 0.455 e. The maximum Gasteiger partial charge on any atom is 0.330 e. The highest BCUT2D eigenvalue weighted by Gasteiger charge is 2.17. The molecule has 1 heterocycles. The molecule has 0 aliphatic carbocycles. The molecule has 0 atom stereocenters. The van der Waals surface area contributed by atoms with Gasteiger partial charge >= 0.3 is 5.69 Å². The lowest BCUT2D eigenvalue weighted by molar-refractivity contribution is -0.116. The average molecular weight is 452 g/mol. The molecular weight excluding hydrogens is 422 g/mol. The third-order valence-electron chi connectivity index (χ3n) is 5.14. The molecule has 0 radical (unpaired) electrons. The number of carbonyl (C=O) groups excluding carboxylic acids is 1. The number of aromatic amines is 1. The summed E-state index contributed by atoms with van der Waals surface area (Å²) in [5, 5.41) is 2.85. The van der Waals surface area contributed by atoms with Gasteiger partial charge in [0.05, 0.1) is 5.69 Å². The smallest absolute Gasteiger partial charge is 0.330 e. The number of nitrogens with one attached hydrogen (secondary N) is 2. The first-order chi connectivity index (χ1) is 15.9. The Bertz CT molecular complexity index is 1200. The zero-order valence-corrected chi connectivity index (χ0v) is 18.8. The van der Waals surface area contributed by atoms with Gasteiger partial charge in [-0.25, -0.2) is 4.79 Å². The summed E-state index contributed by atoms with van der Waals surface area (Å²) in [4.78, 5) is 41.0. The van der Waals surface area contributed by atoms with E-state index in [-0.39, 0.29) is 30.4 Å². The summed E-state index contributed by atoms with van der Waals surface area (Å²) in [5.41, 5.74) is 5.74. The van der Waals surface area contributed by atoms with Gasteiger partial charge in [0.15, 0.2) is 5.75 Å². The number of ether oxygens (including phenoxy) is 1. The van der Waals surface area contributed by atoms with Crippen LogP contribution in [0.1, 0.15) is 26.2 Å². The molecule has 3 aromatic rings. The second-order valence-corrected chi connectivity index (χ2v) is 7.63. The van der Waals surface area contributed by atoms with Crippen LogP contribution in [-0.4, -0.2) is 29.1 Å². The van der Waals surface area contributed by atoms with Gasteiger partial charge in [0.1, 0.15) is 17.3 Å². The number of H-pyrrole nitrogens is 1. The van der Waals surface area contributed by atoms with Crippen molar-refractivity contribution in [2.75, 3.05) is 29.5 Å². The zero-order chi connectivity index (χ0) is 23.8. The van der Waals surface area contributed by atoms with Crippen molar-refractivity contribution in [2.45, 2.75) is 32.7 Å². The van der Waals surface area contributed by atoms with Crippen molar-refractivity contribution >= 4 is 23.1 Å². The molecule has 9 nitrogen and oxygen atoms in total. The van der Waals surface area contributed by atoms with E-state index in [4.69, 9.17) is 10.5 Å². The minimum atomic E-state index is -0.574. The molecule has 1 amide bonds. The van der Waals surface area contributed by atoms with Gasteiger partial charge in [-0.1, -0.05) is 43.7 Å². The summed E-state index contributed by atoms with van der Waals surface area (Å²) >= 11 is 0. The van der Waals surface area contributed by atoms with E-state index in [1.165, 1.54) is 4.57 Å². The van der Waals surface area contributed by atoms with E-state index in [2.05, 4.69) is 10.3 Å². The van der Waals surface area contributed by atoms with E-state index in [1.54, 1.807) is 30.1 Å². The van der Waals surface area contributed by atoms with Crippen LogP contribution in [-0.2, 0) is 11.3 Å². The molecule has 0 bridgehead atoms. The number of hydrogen-bond acceptors (Lipinski definition) is 6. The summed E-state index contributed by atoms with van der Waals surface area (Å²) in [7, 11) is 1.66. The summed E-state index contributed by atoms with van der Waals surface area (Å²) in [5.74, 6) is 1.03. The highest BCUT2D eigenvalue weighted by molar-refractivity contribution is 5.92. The van der Waals surface area contributed by atoms with Crippen LogP contribution >= 0.6 is 0 Å². The molecule has 4 N–H and O–H groups in total. The van der Waals surface area contributed by atoms with E-state index >= 15 is 0 Å². The molecule has 9 heteroatoms. The molecule has 174 valence electrons. The summed E-state index contributed by atoms with van der Waals surface area (Å²) in [6.45, 7) is 2.64. The predicted octanol–water partition coefficient (Wildman–Crippen LogP) is 3.18. The highest BCUT2D eigenvalue weighted by atomic mass is 16.5. The number of aromatic nitrogens is 2. The number of carbonyl (C=O) groups is 1. The maximum atomic E-state index is 12.6. The number of rotatable bonds is 10. The van der Waals surface area contributed by atoms with Crippen molar-refractivity contribution in [1.82, 2.24) is 9.55 Å². The van der Waals surface area contributed by atoms with Gasteiger partial charge in [0.2, 0.25) is 5.91 Å². The summed E-state index contributed by atoms with van der Waals surface area (Å²) in [6.07, 6.45) is 1.74. The number of unbranched alkanes of at least 4 members (excludes halogenated alkanes) is 1. The quantitative estimate of drug-likeness (QED) is 0.435. The van der Waals surface area contributed by atoms with Crippen LogP contribution in [0.15, 0.2) is 64.2 Å². The Kier molecular flexibility index (Phi) is 7.91. The third-order valence-corrected chi connectivity index (χ3v) is 5.14. The Morgan fingerprint density at radius 3 is 2.55 bits per heavy atom.